The summed E-state index contributed by atoms with van der Waals surface area (Å²) in [7, 11) is -2.56. The van der Waals surface area contributed by atoms with Gasteiger partial charge in [-0.3, -0.25) is 9.59 Å². The Bertz CT molecular complexity index is 1160. The first-order valence-electron chi connectivity index (χ1n) is 10.2. The van der Waals surface area contributed by atoms with Crippen LogP contribution in [0.2, 0.25) is 0 Å². The van der Waals surface area contributed by atoms with Gasteiger partial charge in [0.05, 0.1) is 17.1 Å². The molecule has 31 heavy (non-hydrogen) atoms. The number of carbonyl (C=O) groups is 2. The van der Waals surface area contributed by atoms with Gasteiger partial charge in [0.2, 0.25) is 15.9 Å². The van der Waals surface area contributed by atoms with Crippen LogP contribution in [0.4, 0.5) is 11.4 Å². The van der Waals surface area contributed by atoms with E-state index in [-0.39, 0.29) is 23.3 Å². The van der Waals surface area contributed by atoms with Crippen LogP contribution in [0, 0.1) is 6.92 Å². The fourth-order valence-corrected chi connectivity index (χ4v) is 5.28. The number of hydrogen-bond acceptors (Lipinski definition) is 5. The fourth-order valence-electron chi connectivity index (χ4n) is 3.94. The summed E-state index contributed by atoms with van der Waals surface area (Å²) in [6.45, 7) is 3.52. The first-order chi connectivity index (χ1) is 14.7. The van der Waals surface area contributed by atoms with Gasteiger partial charge in [-0.05, 0) is 49.9 Å². The summed E-state index contributed by atoms with van der Waals surface area (Å²) in [6.07, 6.45) is 1.02. The number of carbonyl (C=O) groups excluding carboxylic acids is 2. The molecule has 4 rings (SSSR count). The van der Waals surface area contributed by atoms with Crippen LogP contribution in [0.15, 0.2) is 41.3 Å². The molecule has 2 aliphatic rings. The molecular formula is C22H25N3O5S. The van der Waals surface area contributed by atoms with Gasteiger partial charge in [-0.25, -0.2) is 8.42 Å². The minimum Gasteiger partial charge on any atom is -0.479 e. The maximum absolute atomic E-state index is 13.3. The van der Waals surface area contributed by atoms with Gasteiger partial charge < -0.3 is 15.0 Å². The zero-order valence-electron chi connectivity index (χ0n) is 17.7. The molecule has 0 bridgehead atoms. The van der Waals surface area contributed by atoms with Crippen LogP contribution in [0.5, 0.6) is 5.75 Å². The van der Waals surface area contributed by atoms with Crippen LogP contribution >= 0.6 is 0 Å². The lowest BCUT2D eigenvalue weighted by Crippen LogP contribution is -2.43. The molecule has 2 aliphatic heterocycles. The average Bonchev–Trinajstić information content (AvgIpc) is 2.74. The van der Waals surface area contributed by atoms with E-state index < -0.39 is 16.1 Å². The summed E-state index contributed by atoms with van der Waals surface area (Å²) in [5.74, 6) is -0.265. The number of fused-ring (bicyclic) bond motifs is 2. The number of nitrogens with one attached hydrogen (secondary N) is 1. The normalized spacial score (nSPS) is 18.1. The molecular weight excluding hydrogens is 418 g/mol. The summed E-state index contributed by atoms with van der Waals surface area (Å²) in [5.41, 5.74) is 2.82. The maximum atomic E-state index is 13.3. The second kappa shape index (κ2) is 7.97. The van der Waals surface area contributed by atoms with E-state index >= 15 is 0 Å². The van der Waals surface area contributed by atoms with E-state index in [9.17, 15) is 18.0 Å². The molecule has 8 nitrogen and oxygen atoms in total. The van der Waals surface area contributed by atoms with Crippen LogP contribution in [0.1, 0.15) is 24.5 Å². The number of anilines is 2. The molecule has 0 fully saturated rings. The first kappa shape index (κ1) is 21.3. The number of para-hydroxylation sites is 1. The number of hydrogen-bond donors (Lipinski definition) is 1. The van der Waals surface area contributed by atoms with Gasteiger partial charge >= 0.3 is 0 Å². The number of benzene rings is 2. The standard InChI is InChI=1S/C22H25N3O5S/c1-14-11-17-19(30-15(2)22(27)23-17)12-20(14)31(28,29)24(3)13-21(26)25-10-6-8-16-7-4-5-9-18(16)25/h4-5,7,9,11-12,15H,6,8,10,13H2,1-3H3,(H,23,27)/t15-/m0/s1. The zero-order valence-corrected chi connectivity index (χ0v) is 18.5. The Balaban J connectivity index is 1.58. The second-order valence-corrected chi connectivity index (χ2v) is 9.92. The van der Waals surface area contributed by atoms with Crippen LogP contribution in [-0.2, 0) is 26.0 Å². The number of amides is 2. The Labute approximate surface area is 181 Å². The lowest BCUT2D eigenvalue weighted by molar-refractivity contribution is -0.122. The molecule has 0 unspecified atom stereocenters. The Morgan fingerprint density at radius 1 is 1.29 bits per heavy atom. The van der Waals surface area contributed by atoms with E-state index in [1.807, 2.05) is 24.3 Å². The van der Waals surface area contributed by atoms with Crippen LogP contribution in [-0.4, -0.2) is 50.8 Å². The smallest absolute Gasteiger partial charge is 0.265 e. The summed E-state index contributed by atoms with van der Waals surface area (Å²) in [5, 5.41) is 2.71. The van der Waals surface area contributed by atoms with Crippen molar-refractivity contribution in [2.24, 2.45) is 0 Å². The molecule has 2 amide bonds. The lowest BCUT2D eigenvalue weighted by Gasteiger charge is -2.31. The highest BCUT2D eigenvalue weighted by molar-refractivity contribution is 7.89. The molecule has 0 saturated carbocycles. The van der Waals surface area contributed by atoms with Gasteiger partial charge in [-0.2, -0.15) is 4.31 Å². The van der Waals surface area contributed by atoms with Crippen LogP contribution in [0.25, 0.3) is 0 Å². The zero-order chi connectivity index (χ0) is 22.3. The predicted octanol–water partition coefficient (Wildman–Crippen LogP) is 2.31. The fraction of sp³-hybridized carbons (Fsp3) is 0.364. The van der Waals surface area contributed by atoms with Crippen LogP contribution in [0.3, 0.4) is 0 Å². The number of ether oxygens (including phenoxy) is 1. The third-order valence-corrected chi connectivity index (χ3v) is 7.61. The third-order valence-electron chi connectivity index (χ3n) is 5.67. The van der Waals surface area contributed by atoms with E-state index in [0.29, 0.717) is 23.5 Å². The highest BCUT2D eigenvalue weighted by Gasteiger charge is 2.31. The van der Waals surface area contributed by atoms with E-state index in [1.54, 1.807) is 24.8 Å². The van der Waals surface area contributed by atoms with Crippen molar-refractivity contribution in [1.29, 1.82) is 0 Å². The predicted molar refractivity (Wildman–Crippen MR) is 117 cm³/mol. The van der Waals surface area contributed by atoms with Crippen molar-refractivity contribution >= 4 is 33.2 Å². The third kappa shape index (κ3) is 3.90. The van der Waals surface area contributed by atoms with Crippen molar-refractivity contribution < 1.29 is 22.7 Å². The van der Waals surface area contributed by atoms with Gasteiger partial charge in [-0.1, -0.05) is 18.2 Å². The number of likely N-dealkylation sites (N-methyl/N-ethyl adjacent to an activating group) is 1. The lowest BCUT2D eigenvalue weighted by atomic mass is 10.0. The molecule has 164 valence electrons. The summed E-state index contributed by atoms with van der Waals surface area (Å²) < 4.78 is 33.1. The topological polar surface area (TPSA) is 96.0 Å². The highest BCUT2D eigenvalue weighted by Crippen LogP contribution is 2.35. The maximum Gasteiger partial charge on any atom is 0.265 e. The number of nitrogens with zero attached hydrogens (tertiary/aromatic N) is 2. The molecule has 0 radical (unpaired) electrons. The molecule has 2 aromatic carbocycles. The van der Waals surface area contributed by atoms with Gasteiger partial charge in [0.15, 0.2) is 6.10 Å². The molecule has 0 aliphatic carbocycles. The quantitative estimate of drug-likeness (QED) is 0.782. The second-order valence-electron chi connectivity index (χ2n) is 7.90. The average molecular weight is 444 g/mol. The number of rotatable bonds is 4. The minimum absolute atomic E-state index is 0.0453. The first-order valence-corrected chi connectivity index (χ1v) is 11.6. The minimum atomic E-state index is -3.95. The number of aryl methyl sites for hydroxylation is 2. The van der Waals surface area contributed by atoms with Crippen molar-refractivity contribution in [3.8, 4) is 5.75 Å². The van der Waals surface area contributed by atoms with Crippen LogP contribution < -0.4 is 15.0 Å². The van der Waals surface area contributed by atoms with Crippen molar-refractivity contribution in [3.05, 3.63) is 47.5 Å². The molecule has 1 N–H and O–H groups in total. The largest absolute Gasteiger partial charge is 0.479 e. The Hall–Kier alpha value is -2.91. The Kier molecular flexibility index (Phi) is 5.49. The van der Waals surface area contributed by atoms with E-state index in [0.717, 1.165) is 28.4 Å². The number of sulfonamides is 1. The SMILES string of the molecule is Cc1cc2c(cc1S(=O)(=O)N(C)CC(=O)N1CCCc3ccccc31)O[C@@H](C)C(=O)N2. The van der Waals surface area contributed by atoms with E-state index in [4.69, 9.17) is 4.74 Å². The molecule has 2 heterocycles. The van der Waals surface area contributed by atoms with Crippen molar-refractivity contribution in [1.82, 2.24) is 4.31 Å². The monoisotopic (exact) mass is 443 g/mol. The van der Waals surface area contributed by atoms with Gasteiger partial charge in [0.1, 0.15) is 5.75 Å². The van der Waals surface area contributed by atoms with Gasteiger partial charge in [-0.15, -0.1) is 0 Å². The molecule has 9 heteroatoms. The molecule has 0 aromatic heterocycles. The van der Waals surface area contributed by atoms with Crippen molar-refractivity contribution in [3.63, 3.8) is 0 Å². The molecule has 0 saturated heterocycles. The Morgan fingerprint density at radius 2 is 2.03 bits per heavy atom. The van der Waals surface area contributed by atoms with Crippen molar-refractivity contribution in [2.45, 2.75) is 37.7 Å². The summed E-state index contributed by atoms with van der Waals surface area (Å²) in [4.78, 5) is 26.5. The molecule has 0 spiro atoms. The van der Waals surface area contributed by atoms with Gasteiger partial charge in [0.25, 0.3) is 5.91 Å². The van der Waals surface area contributed by atoms with E-state index in [1.165, 1.54) is 13.1 Å². The van der Waals surface area contributed by atoms with E-state index in [2.05, 4.69) is 5.32 Å². The van der Waals surface area contributed by atoms with Crippen molar-refractivity contribution in [2.75, 3.05) is 30.4 Å². The Morgan fingerprint density at radius 3 is 2.81 bits per heavy atom. The summed E-state index contributed by atoms with van der Waals surface area (Å²) >= 11 is 0. The summed E-state index contributed by atoms with van der Waals surface area (Å²) in [6, 6.07) is 10.7. The highest BCUT2D eigenvalue weighted by atomic mass is 32.2. The molecule has 2 aromatic rings. The van der Waals surface area contributed by atoms with Gasteiger partial charge in [0, 0.05) is 25.3 Å². The molecule has 1 atom stereocenters.